The van der Waals surface area contributed by atoms with Gasteiger partial charge in [-0.3, -0.25) is 28.8 Å². The predicted molar refractivity (Wildman–Crippen MR) is 108 cm³/mol. The number of halogens is 1. The number of benzene rings is 1. The average Bonchev–Trinajstić information content (AvgIpc) is 2.67. The van der Waals surface area contributed by atoms with Crippen molar-refractivity contribution in [2.45, 2.75) is 20.4 Å². The van der Waals surface area contributed by atoms with Gasteiger partial charge in [0.25, 0.3) is 11.2 Å². The Morgan fingerprint density at radius 1 is 1.30 bits per heavy atom. The smallest absolute Gasteiger partial charge is 0.345 e. The third kappa shape index (κ3) is 4.57. The monoisotopic (exact) mass is 438 g/mol. The molecule has 160 valence electrons. The molecule has 0 saturated carbocycles. The van der Waals surface area contributed by atoms with Gasteiger partial charge in [-0.15, -0.1) is 0 Å². The Kier molecular flexibility index (Phi) is 6.77. The van der Waals surface area contributed by atoms with E-state index in [4.69, 9.17) is 22.1 Å². The first-order valence-corrected chi connectivity index (χ1v) is 9.07. The first-order valence-electron chi connectivity index (χ1n) is 8.69. The molecule has 0 aliphatic carbocycles. The SMILES string of the molecule is CC(C)Cn1c(N)c(C(=O)COC(=O)c2cc(Cl)ccc2[N+](=O)[O-])c(=O)n(C)c1=O. The summed E-state index contributed by atoms with van der Waals surface area (Å²) in [4.78, 5) is 59.8. The maximum atomic E-state index is 12.6. The van der Waals surface area contributed by atoms with Crippen LogP contribution in [0.4, 0.5) is 11.5 Å². The lowest BCUT2D eigenvalue weighted by molar-refractivity contribution is -0.385. The number of nitrogen functional groups attached to an aromatic ring is 1. The van der Waals surface area contributed by atoms with Crippen molar-refractivity contribution in [2.24, 2.45) is 13.0 Å². The standard InChI is InChI=1S/C18H19ClN4O7/c1-9(2)7-22-15(20)14(16(25)21(3)18(22)27)13(24)8-30-17(26)11-6-10(19)4-5-12(11)23(28)29/h4-6,9H,7-8,20H2,1-3H3. The number of nitro groups is 1. The van der Waals surface area contributed by atoms with Crippen LogP contribution in [0.1, 0.15) is 34.6 Å². The normalized spacial score (nSPS) is 10.8. The van der Waals surface area contributed by atoms with Gasteiger partial charge in [-0.05, 0) is 18.1 Å². The Hall–Kier alpha value is -3.47. The van der Waals surface area contributed by atoms with Crippen molar-refractivity contribution in [1.29, 1.82) is 0 Å². The molecule has 1 heterocycles. The summed E-state index contributed by atoms with van der Waals surface area (Å²) in [5, 5.41) is 11.1. The largest absolute Gasteiger partial charge is 0.453 e. The van der Waals surface area contributed by atoms with Crippen LogP contribution in [0, 0.1) is 16.0 Å². The van der Waals surface area contributed by atoms with Gasteiger partial charge in [-0.2, -0.15) is 0 Å². The molecule has 2 N–H and O–H groups in total. The maximum Gasteiger partial charge on any atom is 0.345 e. The molecule has 1 aromatic heterocycles. The summed E-state index contributed by atoms with van der Waals surface area (Å²) in [7, 11) is 1.19. The Balaban J connectivity index is 2.36. The minimum Gasteiger partial charge on any atom is -0.453 e. The van der Waals surface area contributed by atoms with Crippen LogP contribution in [-0.2, 0) is 18.3 Å². The van der Waals surface area contributed by atoms with Crippen LogP contribution in [0.2, 0.25) is 5.02 Å². The van der Waals surface area contributed by atoms with Crippen molar-refractivity contribution in [3.63, 3.8) is 0 Å². The molecule has 0 spiro atoms. The van der Waals surface area contributed by atoms with E-state index < -0.39 is 51.3 Å². The van der Waals surface area contributed by atoms with E-state index in [1.807, 2.05) is 13.8 Å². The summed E-state index contributed by atoms with van der Waals surface area (Å²) < 4.78 is 6.67. The molecule has 0 fully saturated rings. The molecule has 0 saturated heterocycles. The van der Waals surface area contributed by atoms with Crippen molar-refractivity contribution >= 4 is 34.9 Å². The summed E-state index contributed by atoms with van der Waals surface area (Å²) >= 11 is 5.77. The molecule has 0 radical (unpaired) electrons. The van der Waals surface area contributed by atoms with Crippen LogP contribution in [0.25, 0.3) is 0 Å². The molecule has 0 amide bonds. The van der Waals surface area contributed by atoms with E-state index in [0.29, 0.717) is 0 Å². The second kappa shape index (κ2) is 8.91. The van der Waals surface area contributed by atoms with Crippen LogP contribution in [0.15, 0.2) is 27.8 Å². The van der Waals surface area contributed by atoms with Crippen molar-refractivity contribution in [1.82, 2.24) is 9.13 Å². The molecule has 0 aliphatic rings. The maximum absolute atomic E-state index is 12.6. The van der Waals surface area contributed by atoms with E-state index in [2.05, 4.69) is 0 Å². The molecule has 0 unspecified atom stereocenters. The second-order valence-electron chi connectivity index (χ2n) is 6.83. The highest BCUT2D eigenvalue weighted by atomic mass is 35.5. The highest BCUT2D eigenvalue weighted by Crippen LogP contribution is 2.23. The third-order valence-electron chi connectivity index (χ3n) is 4.12. The molecule has 0 bridgehead atoms. The van der Waals surface area contributed by atoms with Crippen molar-refractivity contribution in [3.8, 4) is 0 Å². The number of hydrogen-bond donors (Lipinski definition) is 1. The van der Waals surface area contributed by atoms with Crippen LogP contribution in [0.5, 0.6) is 0 Å². The van der Waals surface area contributed by atoms with Gasteiger partial charge in [0, 0.05) is 24.7 Å². The molecule has 2 rings (SSSR count). The zero-order valence-corrected chi connectivity index (χ0v) is 17.1. The number of ether oxygens (including phenoxy) is 1. The van der Waals surface area contributed by atoms with Crippen LogP contribution >= 0.6 is 11.6 Å². The zero-order valence-electron chi connectivity index (χ0n) is 16.4. The number of nitrogens with two attached hydrogens (primary N) is 1. The Bertz CT molecular complexity index is 1150. The van der Waals surface area contributed by atoms with Crippen molar-refractivity contribution < 1.29 is 19.2 Å². The van der Waals surface area contributed by atoms with Gasteiger partial charge in [-0.25, -0.2) is 9.59 Å². The van der Waals surface area contributed by atoms with E-state index in [9.17, 15) is 29.3 Å². The molecule has 30 heavy (non-hydrogen) atoms. The van der Waals surface area contributed by atoms with E-state index in [1.165, 1.54) is 13.1 Å². The van der Waals surface area contributed by atoms with Crippen molar-refractivity contribution in [3.05, 3.63) is 65.3 Å². The zero-order chi connectivity index (χ0) is 22.7. The quantitative estimate of drug-likeness (QED) is 0.294. The van der Waals surface area contributed by atoms with Gasteiger partial charge in [0.1, 0.15) is 16.9 Å². The molecule has 11 nitrogen and oxygen atoms in total. The topological polar surface area (TPSA) is 157 Å². The first-order chi connectivity index (χ1) is 14.0. The van der Waals surface area contributed by atoms with E-state index in [1.54, 1.807) is 0 Å². The lowest BCUT2D eigenvalue weighted by Crippen LogP contribution is -2.43. The third-order valence-corrected chi connectivity index (χ3v) is 4.35. The summed E-state index contributed by atoms with van der Waals surface area (Å²) in [5.41, 5.74) is 2.74. The molecule has 1 aromatic carbocycles. The summed E-state index contributed by atoms with van der Waals surface area (Å²) in [5.74, 6) is -2.48. The highest BCUT2D eigenvalue weighted by molar-refractivity contribution is 6.31. The van der Waals surface area contributed by atoms with Gasteiger partial charge in [-0.1, -0.05) is 25.4 Å². The molecular weight excluding hydrogens is 420 g/mol. The fraction of sp³-hybridized carbons (Fsp3) is 0.333. The molecule has 0 atom stereocenters. The number of hydrogen-bond acceptors (Lipinski definition) is 8. The van der Waals surface area contributed by atoms with Gasteiger partial charge >= 0.3 is 11.7 Å². The van der Waals surface area contributed by atoms with Gasteiger partial charge < -0.3 is 10.5 Å². The Labute approximate surface area is 174 Å². The van der Waals surface area contributed by atoms with Crippen LogP contribution in [-0.4, -0.2) is 32.4 Å². The number of ketones is 1. The van der Waals surface area contributed by atoms with Crippen molar-refractivity contribution in [2.75, 3.05) is 12.3 Å². The highest BCUT2D eigenvalue weighted by Gasteiger charge is 2.26. The average molecular weight is 439 g/mol. The predicted octanol–water partition coefficient (Wildman–Crippen LogP) is 1.39. The number of nitrogens with zero attached hydrogens (tertiary/aromatic N) is 3. The van der Waals surface area contributed by atoms with Crippen LogP contribution in [0.3, 0.4) is 0 Å². The number of Topliss-reactive ketones (excluding diaryl/α,β-unsaturated/α-hetero) is 1. The van der Waals surface area contributed by atoms with Gasteiger partial charge in [0.2, 0.25) is 5.78 Å². The van der Waals surface area contributed by atoms with Gasteiger partial charge in [0.05, 0.1) is 4.92 Å². The number of aromatic nitrogens is 2. The number of carbonyl (C=O) groups excluding carboxylic acids is 2. The molecule has 0 aliphatic heterocycles. The summed E-state index contributed by atoms with van der Waals surface area (Å²) in [6.45, 7) is 2.88. The van der Waals surface area contributed by atoms with E-state index >= 15 is 0 Å². The number of nitro benzene ring substituents is 1. The van der Waals surface area contributed by atoms with E-state index in [-0.39, 0.29) is 23.3 Å². The number of anilines is 1. The van der Waals surface area contributed by atoms with Gasteiger partial charge in [0.15, 0.2) is 6.61 Å². The van der Waals surface area contributed by atoms with E-state index in [0.717, 1.165) is 21.3 Å². The minimum atomic E-state index is -1.18. The number of rotatable bonds is 7. The molecule has 12 heteroatoms. The second-order valence-corrected chi connectivity index (χ2v) is 7.27. The Morgan fingerprint density at radius 2 is 1.93 bits per heavy atom. The van der Waals surface area contributed by atoms with Crippen LogP contribution < -0.4 is 17.0 Å². The summed E-state index contributed by atoms with van der Waals surface area (Å²) in [6, 6.07) is 3.28. The number of esters is 1. The minimum absolute atomic E-state index is 0.00772. The lowest BCUT2D eigenvalue weighted by atomic mass is 10.1. The summed E-state index contributed by atoms with van der Waals surface area (Å²) in [6.07, 6.45) is 0. The molecular formula is C18H19ClN4O7. The number of carbonyl (C=O) groups is 2. The molecule has 2 aromatic rings. The first kappa shape index (κ1) is 22.8. The fourth-order valence-corrected chi connectivity index (χ4v) is 2.87. The fourth-order valence-electron chi connectivity index (χ4n) is 2.70. The lowest BCUT2D eigenvalue weighted by Gasteiger charge is -2.16. The Morgan fingerprint density at radius 3 is 2.50 bits per heavy atom.